The summed E-state index contributed by atoms with van der Waals surface area (Å²) in [7, 11) is 0. The van der Waals surface area contributed by atoms with E-state index >= 15 is 0 Å². The summed E-state index contributed by atoms with van der Waals surface area (Å²) in [5.74, 6) is 0.854. The van der Waals surface area contributed by atoms with E-state index in [0.29, 0.717) is 12.6 Å². The molecule has 0 radical (unpaired) electrons. The van der Waals surface area contributed by atoms with Crippen LogP contribution in [0, 0.1) is 0 Å². The molecule has 1 aromatic rings. The van der Waals surface area contributed by atoms with Gasteiger partial charge in [-0.2, -0.15) is 0 Å². The summed E-state index contributed by atoms with van der Waals surface area (Å²) < 4.78 is 0. The fourth-order valence-electron chi connectivity index (χ4n) is 2.58. The maximum atomic E-state index is 6.20. The van der Waals surface area contributed by atoms with Gasteiger partial charge < -0.3 is 15.5 Å². The molecule has 1 aromatic carbocycles. The van der Waals surface area contributed by atoms with Crippen molar-refractivity contribution in [2.24, 2.45) is 4.99 Å². The van der Waals surface area contributed by atoms with E-state index in [1.54, 1.807) is 0 Å². The molecule has 6 heteroatoms. The van der Waals surface area contributed by atoms with Crippen molar-refractivity contribution in [3.8, 4) is 0 Å². The highest BCUT2D eigenvalue weighted by molar-refractivity contribution is 14.0. The summed E-state index contributed by atoms with van der Waals surface area (Å²) in [5, 5.41) is 7.57. The Morgan fingerprint density at radius 1 is 1.20 bits per heavy atom. The van der Waals surface area contributed by atoms with Crippen LogP contribution in [0.2, 0.25) is 5.02 Å². The molecule has 0 aromatic heterocycles. The number of benzene rings is 1. The van der Waals surface area contributed by atoms with Gasteiger partial charge in [0.25, 0.3) is 0 Å². The normalized spacial score (nSPS) is 12.6. The predicted molar refractivity (Wildman–Crippen MR) is 121 cm³/mol. The molecule has 0 aliphatic rings. The molecule has 1 rings (SSSR count). The van der Waals surface area contributed by atoms with Gasteiger partial charge in [-0.3, -0.25) is 0 Å². The quantitative estimate of drug-likeness (QED) is 0.294. The number of rotatable bonds is 10. The Bertz CT molecular complexity index is 492. The van der Waals surface area contributed by atoms with Gasteiger partial charge in [0.1, 0.15) is 0 Å². The minimum absolute atomic E-state index is 0. The molecule has 0 fully saturated rings. The minimum atomic E-state index is 0. The van der Waals surface area contributed by atoms with Crippen molar-refractivity contribution in [3.63, 3.8) is 0 Å². The fourth-order valence-corrected chi connectivity index (χ4v) is 2.77. The van der Waals surface area contributed by atoms with E-state index in [4.69, 9.17) is 11.6 Å². The predicted octanol–water partition coefficient (Wildman–Crippen LogP) is 4.52. The average molecular weight is 481 g/mol. The van der Waals surface area contributed by atoms with Gasteiger partial charge in [-0.1, -0.05) is 43.6 Å². The van der Waals surface area contributed by atoms with Crippen molar-refractivity contribution in [2.45, 2.75) is 53.1 Å². The Morgan fingerprint density at radius 3 is 2.48 bits per heavy atom. The number of nitrogens with zero attached hydrogens (tertiary/aromatic N) is 2. The number of aliphatic imine (C=N–C) groups is 1. The molecule has 0 amide bonds. The third-order valence-corrected chi connectivity index (χ3v) is 4.47. The lowest BCUT2D eigenvalue weighted by molar-refractivity contribution is 0.292. The van der Waals surface area contributed by atoms with Gasteiger partial charge in [0, 0.05) is 17.6 Å². The molecule has 25 heavy (non-hydrogen) atoms. The molecule has 0 heterocycles. The van der Waals surface area contributed by atoms with Gasteiger partial charge in [-0.25, -0.2) is 4.99 Å². The Kier molecular flexibility index (Phi) is 14.3. The van der Waals surface area contributed by atoms with E-state index in [9.17, 15) is 0 Å². The van der Waals surface area contributed by atoms with Crippen molar-refractivity contribution in [3.05, 3.63) is 34.9 Å². The van der Waals surface area contributed by atoms with Crippen LogP contribution in [-0.2, 0) is 6.54 Å². The number of halogens is 2. The molecule has 0 saturated carbocycles. The highest BCUT2D eigenvalue weighted by Crippen LogP contribution is 2.15. The molecular weight excluding hydrogens is 447 g/mol. The van der Waals surface area contributed by atoms with E-state index in [1.165, 1.54) is 6.42 Å². The van der Waals surface area contributed by atoms with Crippen LogP contribution in [0.25, 0.3) is 0 Å². The zero-order valence-electron chi connectivity index (χ0n) is 16.0. The van der Waals surface area contributed by atoms with E-state index in [-0.39, 0.29) is 24.0 Å². The smallest absolute Gasteiger partial charge is 0.191 e. The second-order valence-corrected chi connectivity index (χ2v) is 6.41. The molecular formula is C19H34ClIN4. The lowest BCUT2D eigenvalue weighted by Crippen LogP contribution is -2.42. The molecule has 0 bridgehead atoms. The van der Waals surface area contributed by atoms with Crippen molar-refractivity contribution in [1.29, 1.82) is 0 Å². The second kappa shape index (κ2) is 14.6. The van der Waals surface area contributed by atoms with E-state index in [0.717, 1.165) is 49.1 Å². The summed E-state index contributed by atoms with van der Waals surface area (Å²) in [5.41, 5.74) is 1.05. The average Bonchev–Trinajstić information content (AvgIpc) is 2.58. The van der Waals surface area contributed by atoms with Crippen LogP contribution < -0.4 is 10.6 Å². The zero-order chi connectivity index (χ0) is 17.8. The zero-order valence-corrected chi connectivity index (χ0v) is 19.1. The Morgan fingerprint density at radius 2 is 1.88 bits per heavy atom. The van der Waals surface area contributed by atoms with E-state index in [2.05, 4.69) is 48.2 Å². The lowest BCUT2D eigenvalue weighted by Gasteiger charge is -2.21. The van der Waals surface area contributed by atoms with Crippen LogP contribution in [-0.4, -0.2) is 43.1 Å². The summed E-state index contributed by atoms with van der Waals surface area (Å²) in [6.07, 6.45) is 2.33. The summed E-state index contributed by atoms with van der Waals surface area (Å²) >= 11 is 6.20. The van der Waals surface area contributed by atoms with Crippen LogP contribution in [0.4, 0.5) is 0 Å². The Balaban J connectivity index is 0.00000576. The van der Waals surface area contributed by atoms with Crippen LogP contribution in [0.3, 0.4) is 0 Å². The molecule has 0 aliphatic heterocycles. The molecule has 4 nitrogen and oxygen atoms in total. The van der Waals surface area contributed by atoms with Gasteiger partial charge >= 0.3 is 0 Å². The van der Waals surface area contributed by atoms with Gasteiger partial charge in [0.05, 0.1) is 6.54 Å². The van der Waals surface area contributed by atoms with Gasteiger partial charge in [-0.05, 0) is 58.0 Å². The SMILES string of the molecule is CCNC(=NCc1ccccc1Cl)NC(C)CCCN(CC)CC.I. The minimum Gasteiger partial charge on any atom is -0.357 e. The first-order valence-corrected chi connectivity index (χ1v) is 9.49. The van der Waals surface area contributed by atoms with Gasteiger partial charge in [0.15, 0.2) is 5.96 Å². The number of hydrogen-bond acceptors (Lipinski definition) is 2. The maximum absolute atomic E-state index is 6.20. The number of nitrogens with one attached hydrogen (secondary N) is 2. The first-order valence-electron chi connectivity index (χ1n) is 9.11. The molecule has 0 saturated heterocycles. The molecule has 1 unspecified atom stereocenters. The van der Waals surface area contributed by atoms with Crippen molar-refractivity contribution < 1.29 is 0 Å². The Hall–Kier alpha value is -0.530. The third kappa shape index (κ3) is 10.3. The summed E-state index contributed by atoms with van der Waals surface area (Å²) in [4.78, 5) is 7.12. The maximum Gasteiger partial charge on any atom is 0.191 e. The van der Waals surface area contributed by atoms with Gasteiger partial charge in [-0.15, -0.1) is 24.0 Å². The van der Waals surface area contributed by atoms with Crippen LogP contribution in [0.1, 0.15) is 46.1 Å². The lowest BCUT2D eigenvalue weighted by atomic mass is 10.2. The molecule has 0 spiro atoms. The molecule has 2 N–H and O–H groups in total. The molecule has 1 atom stereocenters. The first-order chi connectivity index (χ1) is 11.6. The standard InChI is InChI=1S/C19H33ClN4.HI/c1-5-21-19(22-15-17-12-8-9-13-18(17)20)23-16(4)11-10-14-24(6-2)7-3;/h8-9,12-13,16H,5-7,10-11,14-15H2,1-4H3,(H2,21,22,23);1H. The largest absolute Gasteiger partial charge is 0.357 e. The molecule has 0 aliphatic carbocycles. The van der Waals surface area contributed by atoms with Crippen LogP contribution in [0.5, 0.6) is 0 Å². The van der Waals surface area contributed by atoms with Gasteiger partial charge in [0.2, 0.25) is 0 Å². The highest BCUT2D eigenvalue weighted by atomic mass is 127. The first kappa shape index (κ1) is 24.5. The second-order valence-electron chi connectivity index (χ2n) is 6.00. The van der Waals surface area contributed by atoms with Crippen molar-refractivity contribution in [2.75, 3.05) is 26.2 Å². The number of guanidine groups is 1. The topological polar surface area (TPSA) is 39.7 Å². The van der Waals surface area contributed by atoms with Crippen LogP contribution >= 0.6 is 35.6 Å². The van der Waals surface area contributed by atoms with Crippen LogP contribution in [0.15, 0.2) is 29.3 Å². The summed E-state index contributed by atoms with van der Waals surface area (Å²) in [6.45, 7) is 13.6. The van der Waals surface area contributed by atoms with E-state index in [1.807, 2.05) is 24.3 Å². The Labute approximate surface area is 175 Å². The third-order valence-electron chi connectivity index (χ3n) is 4.10. The molecule has 144 valence electrons. The fraction of sp³-hybridized carbons (Fsp3) is 0.632. The highest BCUT2D eigenvalue weighted by Gasteiger charge is 2.07. The van der Waals surface area contributed by atoms with Crippen molar-refractivity contribution in [1.82, 2.24) is 15.5 Å². The monoisotopic (exact) mass is 480 g/mol. The van der Waals surface area contributed by atoms with Crippen molar-refractivity contribution >= 4 is 41.5 Å². The van der Waals surface area contributed by atoms with E-state index < -0.39 is 0 Å². The number of hydrogen-bond donors (Lipinski definition) is 2. The summed E-state index contributed by atoms with van der Waals surface area (Å²) in [6, 6.07) is 8.25.